The molecule has 2 aromatic rings. The zero-order chi connectivity index (χ0) is 16.8. The van der Waals surface area contributed by atoms with Crippen LogP contribution in [-0.4, -0.2) is 27.6 Å². The van der Waals surface area contributed by atoms with E-state index in [0.717, 1.165) is 11.7 Å². The van der Waals surface area contributed by atoms with Gasteiger partial charge in [0, 0.05) is 5.69 Å². The van der Waals surface area contributed by atoms with E-state index in [9.17, 15) is 4.79 Å². The number of hydrogen-bond acceptors (Lipinski definition) is 3. The fourth-order valence-electron chi connectivity index (χ4n) is 2.49. The van der Waals surface area contributed by atoms with Gasteiger partial charge in [-0.25, -0.2) is 9.78 Å². The first kappa shape index (κ1) is 17.0. The SMILES string of the molecule is COC(=O)c1nc(C)ccc1C#C[SiH2]Cc1cc(C)cc(C)c1. The molecule has 0 atom stereocenters. The minimum atomic E-state index is -0.560. The van der Waals surface area contributed by atoms with E-state index in [1.165, 1.54) is 23.8 Å². The second-order valence-corrected chi connectivity index (χ2v) is 6.99. The molecule has 4 heteroatoms. The highest BCUT2D eigenvalue weighted by molar-refractivity contribution is 6.45. The van der Waals surface area contributed by atoms with E-state index in [2.05, 4.69) is 48.5 Å². The van der Waals surface area contributed by atoms with Crippen molar-refractivity contribution < 1.29 is 9.53 Å². The van der Waals surface area contributed by atoms with Crippen LogP contribution in [0.4, 0.5) is 0 Å². The van der Waals surface area contributed by atoms with Crippen molar-refractivity contribution in [1.29, 1.82) is 0 Å². The number of methoxy groups -OCH3 is 1. The summed E-state index contributed by atoms with van der Waals surface area (Å²) in [7, 11) is 0.799. The molecule has 0 aliphatic carbocycles. The van der Waals surface area contributed by atoms with Crippen molar-refractivity contribution >= 4 is 15.5 Å². The Morgan fingerprint density at radius 1 is 1.17 bits per heavy atom. The molecule has 3 nitrogen and oxygen atoms in total. The molecule has 0 saturated carbocycles. The average Bonchev–Trinajstić information content (AvgIpc) is 2.51. The number of benzene rings is 1. The molecule has 0 fully saturated rings. The van der Waals surface area contributed by atoms with E-state index in [4.69, 9.17) is 4.74 Å². The van der Waals surface area contributed by atoms with Crippen molar-refractivity contribution in [2.45, 2.75) is 26.8 Å². The zero-order valence-corrected chi connectivity index (χ0v) is 15.5. The molecule has 1 heterocycles. The lowest BCUT2D eigenvalue weighted by atomic mass is 10.1. The van der Waals surface area contributed by atoms with Crippen LogP contribution in [0.15, 0.2) is 30.3 Å². The molecule has 0 aliphatic heterocycles. The number of hydrogen-bond donors (Lipinski definition) is 0. The number of carbonyl (C=O) groups is 1. The quantitative estimate of drug-likeness (QED) is 0.495. The van der Waals surface area contributed by atoms with Gasteiger partial charge in [-0.2, -0.15) is 0 Å². The molecule has 0 radical (unpaired) electrons. The molecule has 0 saturated heterocycles. The van der Waals surface area contributed by atoms with Crippen LogP contribution in [0.3, 0.4) is 0 Å². The van der Waals surface area contributed by atoms with Crippen molar-refractivity contribution in [3.8, 4) is 11.5 Å². The summed E-state index contributed by atoms with van der Waals surface area (Å²) in [5.41, 5.74) is 8.93. The minimum Gasteiger partial charge on any atom is -0.464 e. The van der Waals surface area contributed by atoms with Crippen molar-refractivity contribution in [2.24, 2.45) is 0 Å². The van der Waals surface area contributed by atoms with E-state index < -0.39 is 15.5 Å². The van der Waals surface area contributed by atoms with Crippen molar-refractivity contribution in [2.75, 3.05) is 7.11 Å². The third-order valence-corrected chi connectivity index (χ3v) is 4.71. The predicted molar refractivity (Wildman–Crippen MR) is 95.4 cm³/mol. The Bertz CT molecular complexity index is 767. The summed E-state index contributed by atoms with van der Waals surface area (Å²) < 4.78 is 4.78. The number of nitrogens with zero attached hydrogens (tertiary/aromatic N) is 1. The van der Waals surface area contributed by atoms with E-state index in [0.29, 0.717) is 11.3 Å². The molecule has 0 spiro atoms. The molecular weight excluding hydrogens is 302 g/mol. The molecule has 0 N–H and O–H groups in total. The molecule has 1 aromatic carbocycles. The lowest BCUT2D eigenvalue weighted by Crippen LogP contribution is -2.08. The first-order valence-corrected chi connectivity index (χ1v) is 9.32. The Labute approximate surface area is 139 Å². The van der Waals surface area contributed by atoms with Gasteiger partial charge >= 0.3 is 5.97 Å². The maximum absolute atomic E-state index is 11.8. The van der Waals surface area contributed by atoms with Gasteiger partial charge in [0.1, 0.15) is 9.52 Å². The maximum atomic E-state index is 11.8. The van der Waals surface area contributed by atoms with E-state index in [-0.39, 0.29) is 0 Å². The van der Waals surface area contributed by atoms with Crippen molar-refractivity contribution in [3.63, 3.8) is 0 Å². The molecule has 2 rings (SSSR count). The van der Waals surface area contributed by atoms with Gasteiger partial charge in [-0.3, -0.25) is 0 Å². The number of aryl methyl sites for hydroxylation is 3. The average molecular weight is 323 g/mol. The number of carbonyl (C=O) groups excluding carboxylic acids is 1. The van der Waals surface area contributed by atoms with E-state index >= 15 is 0 Å². The third-order valence-electron chi connectivity index (χ3n) is 3.46. The highest BCUT2D eigenvalue weighted by Gasteiger charge is 2.12. The van der Waals surface area contributed by atoms with Crippen molar-refractivity contribution in [1.82, 2.24) is 4.98 Å². The Balaban J connectivity index is 2.12. The van der Waals surface area contributed by atoms with Crippen LogP contribution in [0.1, 0.15) is 38.4 Å². The zero-order valence-electron chi connectivity index (χ0n) is 14.1. The van der Waals surface area contributed by atoms with Gasteiger partial charge in [0.25, 0.3) is 0 Å². The Kier molecular flexibility index (Phi) is 5.72. The minimum absolute atomic E-state index is 0.306. The second kappa shape index (κ2) is 7.75. The Morgan fingerprint density at radius 3 is 2.52 bits per heavy atom. The fourth-order valence-corrected chi connectivity index (χ4v) is 3.51. The number of rotatable bonds is 3. The molecule has 23 heavy (non-hydrogen) atoms. The van der Waals surface area contributed by atoms with Gasteiger partial charge in [0.15, 0.2) is 5.69 Å². The summed E-state index contributed by atoms with van der Waals surface area (Å²) in [5, 5.41) is 0. The van der Waals surface area contributed by atoms with Gasteiger partial charge in [-0.15, -0.1) is 5.54 Å². The molecule has 0 amide bonds. The topological polar surface area (TPSA) is 39.2 Å². The van der Waals surface area contributed by atoms with Crippen LogP contribution < -0.4 is 0 Å². The third kappa shape index (κ3) is 4.80. The lowest BCUT2D eigenvalue weighted by Gasteiger charge is -2.03. The normalized spacial score (nSPS) is 10.4. The largest absolute Gasteiger partial charge is 0.464 e. The number of aromatic nitrogens is 1. The summed E-state index contributed by atoms with van der Waals surface area (Å²) in [6, 6.07) is 11.3. The van der Waals surface area contributed by atoms with Gasteiger partial charge in [-0.05, 0) is 44.5 Å². The van der Waals surface area contributed by atoms with Crippen molar-refractivity contribution in [3.05, 3.63) is 64.0 Å². The summed E-state index contributed by atoms with van der Waals surface area (Å²) in [6.45, 7) is 6.08. The second-order valence-electron chi connectivity index (χ2n) is 5.64. The highest BCUT2D eigenvalue weighted by atomic mass is 28.2. The highest BCUT2D eigenvalue weighted by Crippen LogP contribution is 2.10. The number of ether oxygens (including phenoxy) is 1. The maximum Gasteiger partial charge on any atom is 0.357 e. The lowest BCUT2D eigenvalue weighted by molar-refractivity contribution is 0.0593. The summed E-state index contributed by atoms with van der Waals surface area (Å²) >= 11 is 0. The molecule has 118 valence electrons. The van der Waals surface area contributed by atoms with Gasteiger partial charge in [0.05, 0.1) is 12.7 Å². The van der Waals surface area contributed by atoms with Crippen LogP contribution in [0, 0.1) is 32.2 Å². The Morgan fingerprint density at radius 2 is 1.87 bits per heavy atom. The van der Waals surface area contributed by atoms with Gasteiger partial charge in [-0.1, -0.05) is 35.2 Å². The van der Waals surface area contributed by atoms with Gasteiger partial charge < -0.3 is 4.74 Å². The molecule has 0 bridgehead atoms. The summed E-state index contributed by atoms with van der Waals surface area (Å²) in [5.74, 6) is 2.67. The van der Waals surface area contributed by atoms with E-state index in [1.807, 2.05) is 19.1 Å². The standard InChI is InChI=1S/C19H21NO2Si/c1-13-9-14(2)11-16(10-13)12-23-8-7-17-6-5-15(3)20-18(17)19(21)22-4/h5-6,9-11H,12,23H2,1-4H3. The monoisotopic (exact) mass is 323 g/mol. The molecule has 0 aliphatic rings. The van der Waals surface area contributed by atoms with Crippen LogP contribution in [-0.2, 0) is 10.8 Å². The fraction of sp³-hybridized carbons (Fsp3) is 0.263. The molecular formula is C19H21NO2Si. The van der Waals surface area contributed by atoms with Crippen LogP contribution in [0.5, 0.6) is 0 Å². The summed E-state index contributed by atoms with van der Waals surface area (Å²) in [6.07, 6.45) is 0. The van der Waals surface area contributed by atoms with E-state index in [1.54, 1.807) is 0 Å². The molecule has 1 aromatic heterocycles. The summed E-state index contributed by atoms with van der Waals surface area (Å²) in [4.78, 5) is 16.0. The Hall–Kier alpha value is -2.38. The van der Waals surface area contributed by atoms with Crippen LogP contribution in [0.25, 0.3) is 0 Å². The van der Waals surface area contributed by atoms with Gasteiger partial charge in [0.2, 0.25) is 0 Å². The number of esters is 1. The number of pyridine rings is 1. The molecule has 0 unspecified atom stereocenters. The smallest absolute Gasteiger partial charge is 0.357 e. The first-order valence-electron chi connectivity index (χ1n) is 7.61. The van der Waals surface area contributed by atoms with Crippen LogP contribution >= 0.6 is 0 Å². The predicted octanol–water partition coefficient (Wildman–Crippen LogP) is 2.47. The first-order chi connectivity index (χ1) is 11.0. The van der Waals surface area contributed by atoms with Crippen LogP contribution in [0.2, 0.25) is 0 Å².